The van der Waals surface area contributed by atoms with Gasteiger partial charge in [0.25, 0.3) is 0 Å². The molecule has 1 saturated heterocycles. The third-order valence-electron chi connectivity index (χ3n) is 4.74. The van der Waals surface area contributed by atoms with Crippen molar-refractivity contribution in [2.24, 2.45) is 5.92 Å². The van der Waals surface area contributed by atoms with Crippen molar-refractivity contribution in [3.05, 3.63) is 42.0 Å². The molecule has 0 aliphatic carbocycles. The van der Waals surface area contributed by atoms with E-state index in [1.807, 2.05) is 24.3 Å². The van der Waals surface area contributed by atoms with Gasteiger partial charge in [0.15, 0.2) is 5.82 Å². The van der Waals surface area contributed by atoms with E-state index >= 15 is 0 Å². The number of hydrogen-bond donors (Lipinski definition) is 1. The summed E-state index contributed by atoms with van der Waals surface area (Å²) in [6, 6.07) is 12.2. The van der Waals surface area contributed by atoms with E-state index in [4.69, 9.17) is 0 Å². The predicted octanol–water partition coefficient (Wildman–Crippen LogP) is 3.19. The molecule has 0 radical (unpaired) electrons. The van der Waals surface area contributed by atoms with Crippen molar-refractivity contribution in [1.29, 1.82) is 0 Å². The number of carbonyl (C=O) groups is 1. The second-order valence-electron chi connectivity index (χ2n) is 6.67. The van der Waals surface area contributed by atoms with Crippen LogP contribution < -0.4 is 10.2 Å². The van der Waals surface area contributed by atoms with Gasteiger partial charge in [-0.15, -0.1) is 10.2 Å². The number of aromatic nitrogens is 2. The molecule has 0 spiro atoms. The molecule has 1 aliphatic heterocycles. The van der Waals surface area contributed by atoms with E-state index in [2.05, 4.69) is 46.4 Å². The number of rotatable bonds is 5. The SMILES string of the molecule is CCCNC(=O)C1CCCN(c2ccc(-c3ccccc3C)nn2)C1. The summed E-state index contributed by atoms with van der Waals surface area (Å²) in [4.78, 5) is 14.4. The minimum Gasteiger partial charge on any atom is -0.356 e. The second kappa shape index (κ2) is 8.10. The summed E-state index contributed by atoms with van der Waals surface area (Å²) in [5.74, 6) is 1.06. The summed E-state index contributed by atoms with van der Waals surface area (Å²) in [5.41, 5.74) is 3.18. The molecule has 1 aromatic carbocycles. The summed E-state index contributed by atoms with van der Waals surface area (Å²) in [6.07, 6.45) is 2.92. The summed E-state index contributed by atoms with van der Waals surface area (Å²) in [6.45, 7) is 6.54. The molecule has 1 atom stereocenters. The fourth-order valence-corrected chi connectivity index (χ4v) is 3.29. The maximum Gasteiger partial charge on any atom is 0.224 e. The molecule has 1 fully saturated rings. The molecule has 5 nitrogen and oxygen atoms in total. The van der Waals surface area contributed by atoms with Crippen LogP contribution in [0, 0.1) is 12.8 Å². The van der Waals surface area contributed by atoms with Crippen LogP contribution in [0.4, 0.5) is 5.82 Å². The number of hydrogen-bond acceptors (Lipinski definition) is 4. The smallest absolute Gasteiger partial charge is 0.224 e. The fourth-order valence-electron chi connectivity index (χ4n) is 3.29. The first-order valence-electron chi connectivity index (χ1n) is 9.11. The molecule has 5 heteroatoms. The van der Waals surface area contributed by atoms with Crippen LogP contribution in [0.5, 0.6) is 0 Å². The number of aryl methyl sites for hydroxylation is 1. The van der Waals surface area contributed by atoms with Crippen LogP contribution in [0.1, 0.15) is 31.7 Å². The topological polar surface area (TPSA) is 58.1 Å². The van der Waals surface area contributed by atoms with Crippen molar-refractivity contribution < 1.29 is 4.79 Å². The summed E-state index contributed by atoms with van der Waals surface area (Å²) < 4.78 is 0. The van der Waals surface area contributed by atoms with Crippen molar-refractivity contribution in [1.82, 2.24) is 15.5 Å². The van der Waals surface area contributed by atoms with Crippen LogP contribution in [0.2, 0.25) is 0 Å². The Morgan fingerprint density at radius 2 is 2.08 bits per heavy atom. The molecule has 1 unspecified atom stereocenters. The molecular formula is C20H26N4O. The molecule has 1 aromatic heterocycles. The molecule has 1 aliphatic rings. The maximum absolute atomic E-state index is 12.2. The molecule has 0 saturated carbocycles. The fraction of sp³-hybridized carbons (Fsp3) is 0.450. The van der Waals surface area contributed by atoms with E-state index in [0.717, 1.165) is 49.4 Å². The molecule has 1 N–H and O–H groups in total. The van der Waals surface area contributed by atoms with E-state index in [1.54, 1.807) is 0 Å². The standard InChI is InChI=1S/C20H26N4O/c1-3-12-21-20(25)16-8-6-13-24(14-16)19-11-10-18(22-23-19)17-9-5-4-7-15(17)2/h4-5,7,9-11,16H,3,6,8,12-14H2,1-2H3,(H,21,25). The van der Waals surface area contributed by atoms with Crippen LogP contribution in [0.3, 0.4) is 0 Å². The van der Waals surface area contributed by atoms with Crippen LogP contribution in [-0.2, 0) is 4.79 Å². The van der Waals surface area contributed by atoms with E-state index in [9.17, 15) is 4.79 Å². The highest BCUT2D eigenvalue weighted by molar-refractivity contribution is 5.79. The Bertz CT molecular complexity index is 714. The number of piperidine rings is 1. The third-order valence-corrected chi connectivity index (χ3v) is 4.74. The number of amides is 1. The average molecular weight is 338 g/mol. The van der Waals surface area contributed by atoms with Crippen molar-refractivity contribution in [2.75, 3.05) is 24.5 Å². The summed E-state index contributed by atoms with van der Waals surface area (Å²) >= 11 is 0. The van der Waals surface area contributed by atoms with Gasteiger partial charge >= 0.3 is 0 Å². The Labute approximate surface area is 149 Å². The average Bonchev–Trinajstić information content (AvgIpc) is 2.67. The van der Waals surface area contributed by atoms with Crippen molar-refractivity contribution in [2.45, 2.75) is 33.1 Å². The van der Waals surface area contributed by atoms with Crippen molar-refractivity contribution >= 4 is 11.7 Å². The Hall–Kier alpha value is -2.43. The van der Waals surface area contributed by atoms with Crippen molar-refractivity contribution in [3.8, 4) is 11.3 Å². The molecule has 2 aromatic rings. The van der Waals surface area contributed by atoms with Gasteiger partial charge in [0.2, 0.25) is 5.91 Å². The highest BCUT2D eigenvalue weighted by Gasteiger charge is 2.26. The monoisotopic (exact) mass is 338 g/mol. The van der Waals surface area contributed by atoms with E-state index in [1.165, 1.54) is 5.56 Å². The quantitative estimate of drug-likeness (QED) is 0.909. The molecule has 0 bridgehead atoms. The number of benzene rings is 1. The van der Waals surface area contributed by atoms with E-state index in [0.29, 0.717) is 6.54 Å². The Balaban J connectivity index is 1.69. The Kier molecular flexibility index (Phi) is 5.64. The van der Waals surface area contributed by atoms with Crippen LogP contribution in [0.25, 0.3) is 11.3 Å². The van der Waals surface area contributed by atoms with Gasteiger partial charge in [-0.25, -0.2) is 0 Å². The molecule has 2 heterocycles. The van der Waals surface area contributed by atoms with Gasteiger partial charge in [0, 0.05) is 25.2 Å². The van der Waals surface area contributed by atoms with Gasteiger partial charge in [-0.1, -0.05) is 31.2 Å². The Morgan fingerprint density at radius 1 is 1.24 bits per heavy atom. The van der Waals surface area contributed by atoms with Gasteiger partial charge in [0.1, 0.15) is 0 Å². The number of carbonyl (C=O) groups excluding carboxylic acids is 1. The second-order valence-corrected chi connectivity index (χ2v) is 6.67. The lowest BCUT2D eigenvalue weighted by molar-refractivity contribution is -0.125. The highest BCUT2D eigenvalue weighted by Crippen LogP contribution is 2.24. The lowest BCUT2D eigenvalue weighted by Gasteiger charge is -2.32. The normalized spacial score (nSPS) is 17.4. The highest BCUT2D eigenvalue weighted by atomic mass is 16.1. The predicted molar refractivity (Wildman–Crippen MR) is 100 cm³/mol. The molecule has 25 heavy (non-hydrogen) atoms. The first kappa shape index (κ1) is 17.4. The van der Waals surface area contributed by atoms with Crippen molar-refractivity contribution in [3.63, 3.8) is 0 Å². The van der Waals surface area contributed by atoms with Crippen LogP contribution in [0.15, 0.2) is 36.4 Å². The molecule has 1 amide bonds. The lowest BCUT2D eigenvalue weighted by atomic mass is 9.97. The number of nitrogens with zero attached hydrogens (tertiary/aromatic N) is 3. The zero-order chi connectivity index (χ0) is 17.6. The van der Waals surface area contributed by atoms with Gasteiger partial charge in [-0.3, -0.25) is 4.79 Å². The van der Waals surface area contributed by atoms with Gasteiger partial charge in [-0.2, -0.15) is 0 Å². The first-order valence-corrected chi connectivity index (χ1v) is 9.11. The maximum atomic E-state index is 12.2. The number of nitrogens with one attached hydrogen (secondary N) is 1. The van der Waals surface area contributed by atoms with E-state index < -0.39 is 0 Å². The molecule has 3 rings (SSSR count). The first-order chi connectivity index (χ1) is 12.2. The van der Waals surface area contributed by atoms with Gasteiger partial charge in [0.05, 0.1) is 11.6 Å². The lowest BCUT2D eigenvalue weighted by Crippen LogP contribution is -2.43. The Morgan fingerprint density at radius 3 is 2.80 bits per heavy atom. The molecule has 132 valence electrons. The largest absolute Gasteiger partial charge is 0.356 e. The summed E-state index contributed by atoms with van der Waals surface area (Å²) in [7, 11) is 0. The van der Waals surface area contributed by atoms with E-state index in [-0.39, 0.29) is 11.8 Å². The minimum absolute atomic E-state index is 0.0399. The van der Waals surface area contributed by atoms with Gasteiger partial charge < -0.3 is 10.2 Å². The molecular weight excluding hydrogens is 312 g/mol. The van der Waals surface area contributed by atoms with Crippen LogP contribution >= 0.6 is 0 Å². The van der Waals surface area contributed by atoms with Crippen LogP contribution in [-0.4, -0.2) is 35.7 Å². The minimum atomic E-state index is 0.0399. The van der Waals surface area contributed by atoms with Gasteiger partial charge in [-0.05, 0) is 43.9 Å². The number of anilines is 1. The third kappa shape index (κ3) is 4.16. The summed E-state index contributed by atoms with van der Waals surface area (Å²) in [5, 5.41) is 11.8. The zero-order valence-corrected chi connectivity index (χ0v) is 15.0. The zero-order valence-electron chi connectivity index (χ0n) is 15.0.